The zero-order valence-electron chi connectivity index (χ0n) is 17.4. The van der Waals surface area contributed by atoms with Crippen LogP contribution in [0.25, 0.3) is 49.8 Å². The van der Waals surface area contributed by atoms with Crippen molar-refractivity contribution in [3.8, 4) is 22.7 Å². The third kappa shape index (κ3) is 2.56. The van der Waals surface area contributed by atoms with Gasteiger partial charge < -0.3 is 9.72 Å². The van der Waals surface area contributed by atoms with Crippen LogP contribution in [0.2, 0.25) is 0 Å². The van der Waals surface area contributed by atoms with Crippen molar-refractivity contribution < 1.29 is 4.74 Å². The Balaban J connectivity index is 1.69. The lowest BCUT2D eigenvalue weighted by Gasteiger charge is -2.10. The summed E-state index contributed by atoms with van der Waals surface area (Å²) in [6.45, 7) is 0. The summed E-state index contributed by atoms with van der Waals surface area (Å²) in [7, 11) is 3.29. The number of hydrogen-bond acceptors (Lipinski definition) is 5. The van der Waals surface area contributed by atoms with E-state index in [2.05, 4.69) is 32.1 Å². The van der Waals surface area contributed by atoms with Gasteiger partial charge in [-0.25, -0.2) is 14.8 Å². The number of benzene rings is 1. The largest absolute Gasteiger partial charge is 0.479 e. The topological polar surface area (TPSA) is 90.6 Å². The number of methoxy groups -OCH3 is 1. The van der Waals surface area contributed by atoms with Crippen molar-refractivity contribution in [1.29, 1.82) is 0 Å². The molecule has 5 heterocycles. The molecule has 0 aliphatic heterocycles. The van der Waals surface area contributed by atoms with Gasteiger partial charge in [0.1, 0.15) is 11.3 Å². The van der Waals surface area contributed by atoms with Crippen LogP contribution in [0.15, 0.2) is 72.0 Å². The summed E-state index contributed by atoms with van der Waals surface area (Å²) in [5, 5.41) is 1.90. The second-order valence-corrected chi connectivity index (χ2v) is 7.57. The quantitative estimate of drug-likeness (QED) is 0.468. The molecule has 0 bridgehead atoms. The van der Waals surface area contributed by atoms with Gasteiger partial charge in [-0.3, -0.25) is 14.1 Å². The van der Waals surface area contributed by atoms with Gasteiger partial charge in [-0.05, 0) is 42.0 Å². The molecule has 0 unspecified atom stereocenters. The summed E-state index contributed by atoms with van der Waals surface area (Å²) in [5.41, 5.74) is 5.48. The number of aryl methyl sites for hydroxylation is 1. The molecule has 0 atom stereocenters. The summed E-state index contributed by atoms with van der Waals surface area (Å²) in [6, 6.07) is 13.7. The lowest BCUT2D eigenvalue weighted by Crippen LogP contribution is -2.21. The average molecular weight is 422 g/mol. The van der Waals surface area contributed by atoms with Crippen LogP contribution in [-0.4, -0.2) is 36.2 Å². The number of imidazole rings is 1. The Kier molecular flexibility index (Phi) is 3.88. The lowest BCUT2D eigenvalue weighted by molar-refractivity contribution is 0.396. The number of nitrogens with one attached hydrogen (secondary N) is 1. The first-order valence-corrected chi connectivity index (χ1v) is 10.1. The van der Waals surface area contributed by atoms with Crippen LogP contribution < -0.4 is 10.4 Å². The molecule has 0 fully saturated rings. The van der Waals surface area contributed by atoms with Crippen LogP contribution in [-0.2, 0) is 7.05 Å². The normalized spacial score (nSPS) is 11.6. The molecule has 0 aliphatic rings. The minimum Gasteiger partial charge on any atom is -0.479 e. The number of fused-ring (bicyclic) bond motifs is 4. The maximum absolute atomic E-state index is 13.3. The summed E-state index contributed by atoms with van der Waals surface area (Å²) >= 11 is 0. The SMILES string of the molecule is COc1ncccc1-n1c(=O)n(C)c2cnc3ccc(-c4cnc5[nH]ccc5c4)cc3c21. The van der Waals surface area contributed by atoms with Gasteiger partial charge in [-0.15, -0.1) is 0 Å². The van der Waals surface area contributed by atoms with Crippen LogP contribution in [0.1, 0.15) is 0 Å². The average Bonchev–Trinajstić information content (AvgIpc) is 3.41. The first kappa shape index (κ1) is 18.3. The van der Waals surface area contributed by atoms with Crippen LogP contribution in [0.3, 0.4) is 0 Å². The zero-order chi connectivity index (χ0) is 21.8. The van der Waals surface area contributed by atoms with Gasteiger partial charge in [0.25, 0.3) is 0 Å². The smallest absolute Gasteiger partial charge is 0.333 e. The highest BCUT2D eigenvalue weighted by molar-refractivity contribution is 6.05. The predicted molar refractivity (Wildman–Crippen MR) is 123 cm³/mol. The van der Waals surface area contributed by atoms with Gasteiger partial charge in [-0.2, -0.15) is 0 Å². The van der Waals surface area contributed by atoms with E-state index in [4.69, 9.17) is 4.74 Å². The number of aromatic nitrogens is 6. The number of nitrogens with zero attached hydrogens (tertiary/aromatic N) is 5. The van der Waals surface area contributed by atoms with E-state index in [1.54, 1.807) is 41.8 Å². The summed E-state index contributed by atoms with van der Waals surface area (Å²) in [4.78, 5) is 29.8. The van der Waals surface area contributed by atoms with E-state index < -0.39 is 0 Å². The van der Waals surface area contributed by atoms with E-state index in [0.717, 1.165) is 44.1 Å². The minimum atomic E-state index is -0.193. The maximum Gasteiger partial charge on any atom is 0.333 e. The first-order chi connectivity index (χ1) is 15.7. The summed E-state index contributed by atoms with van der Waals surface area (Å²) < 4.78 is 8.68. The molecule has 0 aliphatic carbocycles. The van der Waals surface area contributed by atoms with Crippen molar-refractivity contribution in [2.24, 2.45) is 7.05 Å². The molecule has 32 heavy (non-hydrogen) atoms. The van der Waals surface area contributed by atoms with Crippen LogP contribution in [0.5, 0.6) is 5.88 Å². The van der Waals surface area contributed by atoms with Crippen molar-refractivity contribution >= 4 is 33.0 Å². The van der Waals surface area contributed by atoms with Crippen molar-refractivity contribution in [1.82, 2.24) is 29.1 Å². The molecule has 0 saturated carbocycles. The zero-order valence-corrected chi connectivity index (χ0v) is 17.4. The number of rotatable bonds is 3. The third-order valence-electron chi connectivity index (χ3n) is 5.80. The highest BCUT2D eigenvalue weighted by Gasteiger charge is 2.19. The van der Waals surface area contributed by atoms with Crippen molar-refractivity contribution in [3.05, 3.63) is 77.7 Å². The van der Waals surface area contributed by atoms with Gasteiger partial charge in [0.05, 0.1) is 29.9 Å². The Labute approximate surface area is 181 Å². The monoisotopic (exact) mass is 422 g/mol. The van der Waals surface area contributed by atoms with Crippen molar-refractivity contribution in [3.63, 3.8) is 0 Å². The van der Waals surface area contributed by atoms with Gasteiger partial charge in [0.2, 0.25) is 5.88 Å². The van der Waals surface area contributed by atoms with Crippen LogP contribution >= 0.6 is 0 Å². The van der Waals surface area contributed by atoms with E-state index in [1.165, 1.54) is 0 Å². The van der Waals surface area contributed by atoms with E-state index in [-0.39, 0.29) is 5.69 Å². The molecule has 8 heteroatoms. The fourth-order valence-corrected chi connectivity index (χ4v) is 4.21. The number of ether oxygens (including phenoxy) is 1. The maximum atomic E-state index is 13.3. The molecule has 6 aromatic rings. The predicted octanol–water partition coefficient (Wildman–Crippen LogP) is 3.82. The number of aromatic amines is 1. The van der Waals surface area contributed by atoms with Crippen molar-refractivity contribution in [2.75, 3.05) is 7.11 Å². The fraction of sp³-hybridized carbons (Fsp3) is 0.0833. The van der Waals surface area contributed by atoms with E-state index in [1.807, 2.05) is 36.7 Å². The second kappa shape index (κ2) is 6.78. The minimum absolute atomic E-state index is 0.193. The van der Waals surface area contributed by atoms with Gasteiger partial charge >= 0.3 is 5.69 Å². The summed E-state index contributed by atoms with van der Waals surface area (Å²) in [5.74, 6) is 0.380. The molecule has 5 aromatic heterocycles. The van der Waals surface area contributed by atoms with Crippen molar-refractivity contribution in [2.45, 2.75) is 0 Å². The second-order valence-electron chi connectivity index (χ2n) is 7.57. The highest BCUT2D eigenvalue weighted by Crippen LogP contribution is 2.31. The number of hydrogen-bond donors (Lipinski definition) is 1. The Morgan fingerprint density at radius 3 is 2.78 bits per heavy atom. The van der Waals surface area contributed by atoms with Gasteiger partial charge in [0.15, 0.2) is 0 Å². The molecular formula is C24H18N6O2. The Hall–Kier alpha value is -4.46. The molecule has 8 nitrogen and oxygen atoms in total. The number of pyridine rings is 3. The lowest BCUT2D eigenvalue weighted by atomic mass is 10.0. The molecule has 0 spiro atoms. The standard InChI is InChI=1S/C24H18N6O2/c1-29-20-13-27-18-6-5-14(16-10-15-7-9-25-22(15)28-12-16)11-17(18)21(20)30(24(29)31)19-4-3-8-26-23(19)32-2/h3-13H,1-2H3,(H,25,28). The van der Waals surface area contributed by atoms with E-state index in [0.29, 0.717) is 11.6 Å². The molecule has 1 aromatic carbocycles. The molecular weight excluding hydrogens is 404 g/mol. The molecule has 156 valence electrons. The van der Waals surface area contributed by atoms with Crippen LogP contribution in [0, 0.1) is 0 Å². The van der Waals surface area contributed by atoms with Gasteiger partial charge in [0, 0.05) is 42.0 Å². The fourth-order valence-electron chi connectivity index (χ4n) is 4.21. The number of H-pyrrole nitrogens is 1. The highest BCUT2D eigenvalue weighted by atomic mass is 16.5. The van der Waals surface area contributed by atoms with Crippen LogP contribution in [0.4, 0.5) is 0 Å². The Bertz CT molecular complexity index is 1710. The Morgan fingerprint density at radius 2 is 1.91 bits per heavy atom. The van der Waals surface area contributed by atoms with E-state index >= 15 is 0 Å². The molecule has 6 rings (SSSR count). The molecule has 0 saturated heterocycles. The third-order valence-corrected chi connectivity index (χ3v) is 5.80. The van der Waals surface area contributed by atoms with E-state index in [9.17, 15) is 4.79 Å². The molecule has 0 radical (unpaired) electrons. The van der Waals surface area contributed by atoms with Gasteiger partial charge in [-0.1, -0.05) is 6.07 Å². The Morgan fingerprint density at radius 1 is 1.00 bits per heavy atom. The summed E-state index contributed by atoms with van der Waals surface area (Å²) in [6.07, 6.45) is 7.08. The molecule has 0 amide bonds. The first-order valence-electron chi connectivity index (χ1n) is 10.1. The molecule has 1 N–H and O–H groups in total.